The monoisotopic (exact) mass is 478 g/mol. The molecular weight excluding hydrogens is 444 g/mol. The van der Waals surface area contributed by atoms with Crippen LogP contribution in [0.4, 0.5) is 17.1 Å². The minimum Gasteiger partial charge on any atom is -0.371 e. The molecule has 1 atom stereocenters. The Bertz CT molecular complexity index is 1120. The highest BCUT2D eigenvalue weighted by atomic mass is 35.5. The maximum Gasteiger partial charge on any atom is 0.176 e. The fourth-order valence-electron chi connectivity index (χ4n) is 6.88. The number of nitrogens with zero attached hydrogens (tertiary/aromatic N) is 4. The number of aliphatic hydroxyl groups is 1. The largest absolute Gasteiger partial charge is 0.371 e. The third-order valence-corrected chi connectivity index (χ3v) is 8.79. The summed E-state index contributed by atoms with van der Waals surface area (Å²) < 4.78 is 0. The molecule has 1 aliphatic carbocycles. The van der Waals surface area contributed by atoms with Crippen LogP contribution in [0.15, 0.2) is 41.4 Å². The van der Waals surface area contributed by atoms with Gasteiger partial charge in [-0.25, -0.2) is 4.99 Å². The van der Waals surface area contributed by atoms with Gasteiger partial charge in [-0.15, -0.1) is 0 Å². The molecule has 0 radical (unpaired) electrons. The molecule has 1 N–H and O–H groups in total. The van der Waals surface area contributed by atoms with Gasteiger partial charge < -0.3 is 14.9 Å². The van der Waals surface area contributed by atoms with Crippen molar-refractivity contribution in [2.45, 2.75) is 56.6 Å². The van der Waals surface area contributed by atoms with Crippen molar-refractivity contribution in [3.05, 3.63) is 52.5 Å². The van der Waals surface area contributed by atoms with Crippen molar-refractivity contribution in [3.63, 3.8) is 0 Å². The van der Waals surface area contributed by atoms with Crippen LogP contribution in [0, 0.1) is 5.92 Å². The van der Waals surface area contributed by atoms with E-state index in [4.69, 9.17) is 16.6 Å². The van der Waals surface area contributed by atoms with E-state index in [9.17, 15) is 5.11 Å². The number of benzene rings is 2. The average Bonchev–Trinajstić information content (AvgIpc) is 3.08. The molecule has 2 aromatic rings. The Morgan fingerprint density at radius 3 is 2.56 bits per heavy atom. The number of amidine groups is 1. The highest BCUT2D eigenvalue weighted by Crippen LogP contribution is 2.57. The quantitative estimate of drug-likeness (QED) is 0.598. The fraction of sp³-hybridized carbons (Fsp3) is 0.536. The van der Waals surface area contributed by atoms with E-state index >= 15 is 0 Å². The first kappa shape index (κ1) is 22.4. The minimum atomic E-state index is -0.904. The summed E-state index contributed by atoms with van der Waals surface area (Å²) in [5.41, 5.74) is 5.49. The van der Waals surface area contributed by atoms with Gasteiger partial charge in [-0.05, 0) is 75.5 Å². The normalized spacial score (nSPS) is 23.7. The summed E-state index contributed by atoms with van der Waals surface area (Å²) in [6, 6.07) is 13.0. The van der Waals surface area contributed by atoms with Gasteiger partial charge in [0.15, 0.2) is 6.23 Å². The van der Waals surface area contributed by atoms with Crippen LogP contribution in [0.25, 0.3) is 0 Å². The van der Waals surface area contributed by atoms with E-state index in [1.165, 1.54) is 55.6 Å². The first-order chi connectivity index (χ1) is 16.5. The van der Waals surface area contributed by atoms with Crippen molar-refractivity contribution >= 4 is 34.5 Å². The lowest BCUT2D eigenvalue weighted by molar-refractivity contribution is 0.185. The zero-order chi connectivity index (χ0) is 23.4. The molecule has 1 spiro atoms. The Labute approximate surface area is 208 Å². The lowest BCUT2D eigenvalue weighted by atomic mass is 9.69. The van der Waals surface area contributed by atoms with Crippen LogP contribution < -0.4 is 9.80 Å². The summed E-state index contributed by atoms with van der Waals surface area (Å²) in [4.78, 5) is 12.1. The highest BCUT2D eigenvalue weighted by molar-refractivity contribution is 6.32. The Morgan fingerprint density at radius 2 is 1.82 bits per heavy atom. The number of aliphatic hydroxyl groups excluding tert-OH is 1. The number of fused-ring (bicyclic) bond motifs is 7. The number of rotatable bonds is 3. The Kier molecular flexibility index (Phi) is 5.63. The summed E-state index contributed by atoms with van der Waals surface area (Å²) in [5, 5.41) is 11.6. The van der Waals surface area contributed by atoms with Gasteiger partial charge in [-0.2, -0.15) is 0 Å². The summed E-state index contributed by atoms with van der Waals surface area (Å²) >= 11 is 6.57. The summed E-state index contributed by atoms with van der Waals surface area (Å²) in [7, 11) is 4.35. The zero-order valence-electron chi connectivity index (χ0n) is 20.3. The molecule has 34 heavy (non-hydrogen) atoms. The Hall–Kier alpha value is -2.08. The molecule has 2 aromatic carbocycles. The standard InChI is InChI=1S/C28H35ClN4O/c1-31(2)18-19-11-15-32(16-12-19)20-9-10-21-24(17-20)33-23-8-6-7-22(29)25(23)26(34)30-27(33)28(21)13-4-3-5-14-28/h6-10,17,19,26,34H,3-5,11-16,18H2,1-2H3. The predicted octanol–water partition coefficient (Wildman–Crippen LogP) is 5.87. The van der Waals surface area contributed by atoms with E-state index in [1.54, 1.807) is 0 Å². The Morgan fingerprint density at radius 1 is 1.06 bits per heavy atom. The van der Waals surface area contributed by atoms with Crippen LogP contribution in [0.2, 0.25) is 5.02 Å². The molecule has 1 saturated heterocycles. The van der Waals surface area contributed by atoms with E-state index in [1.807, 2.05) is 12.1 Å². The van der Waals surface area contributed by atoms with Gasteiger partial charge >= 0.3 is 0 Å². The average molecular weight is 479 g/mol. The highest BCUT2D eigenvalue weighted by Gasteiger charge is 2.52. The topological polar surface area (TPSA) is 42.3 Å². The van der Waals surface area contributed by atoms with Crippen molar-refractivity contribution < 1.29 is 5.11 Å². The van der Waals surface area contributed by atoms with Crippen molar-refractivity contribution in [3.8, 4) is 0 Å². The van der Waals surface area contributed by atoms with Gasteiger partial charge in [0.05, 0.1) is 21.8 Å². The molecule has 1 unspecified atom stereocenters. The van der Waals surface area contributed by atoms with Crippen molar-refractivity contribution in [2.24, 2.45) is 10.9 Å². The third-order valence-electron chi connectivity index (χ3n) is 8.46. The van der Waals surface area contributed by atoms with Crippen LogP contribution in [0.1, 0.15) is 62.3 Å². The second-order valence-electron chi connectivity index (χ2n) is 10.9. The van der Waals surface area contributed by atoms with Crippen molar-refractivity contribution in [1.29, 1.82) is 0 Å². The number of hydrogen-bond donors (Lipinski definition) is 1. The molecule has 3 aliphatic heterocycles. The van der Waals surface area contributed by atoms with Crippen LogP contribution in [0.3, 0.4) is 0 Å². The van der Waals surface area contributed by atoms with Gasteiger partial charge in [0.25, 0.3) is 0 Å². The molecule has 180 valence electrons. The van der Waals surface area contributed by atoms with Gasteiger partial charge in [-0.1, -0.05) is 43.0 Å². The van der Waals surface area contributed by atoms with Gasteiger partial charge in [-0.3, -0.25) is 4.90 Å². The lowest BCUT2D eigenvalue weighted by Crippen LogP contribution is -2.42. The Balaban J connectivity index is 1.41. The summed E-state index contributed by atoms with van der Waals surface area (Å²) in [5.74, 6) is 1.80. The first-order valence-corrected chi connectivity index (χ1v) is 13.2. The molecule has 3 heterocycles. The SMILES string of the molecule is CN(C)CC1CCN(c2ccc3c(c2)N2C(=NC(O)c4c(Cl)cccc42)C32CCCCC2)CC1. The fourth-order valence-corrected chi connectivity index (χ4v) is 7.14. The molecule has 2 fully saturated rings. The molecule has 0 amide bonds. The van der Waals surface area contributed by atoms with Crippen LogP contribution in [-0.4, -0.2) is 49.6 Å². The number of halogens is 1. The van der Waals surface area contributed by atoms with Crippen LogP contribution in [-0.2, 0) is 5.41 Å². The zero-order valence-corrected chi connectivity index (χ0v) is 21.1. The van der Waals surface area contributed by atoms with Gasteiger partial charge in [0, 0.05) is 30.9 Å². The second kappa shape index (κ2) is 8.54. The first-order valence-electron chi connectivity index (χ1n) is 12.9. The lowest BCUT2D eigenvalue weighted by Gasteiger charge is -2.38. The van der Waals surface area contributed by atoms with E-state index in [0.29, 0.717) is 5.02 Å². The van der Waals surface area contributed by atoms with E-state index in [-0.39, 0.29) is 5.41 Å². The van der Waals surface area contributed by atoms with Crippen molar-refractivity contribution in [1.82, 2.24) is 4.90 Å². The smallest absolute Gasteiger partial charge is 0.176 e. The molecule has 0 aromatic heterocycles. The third kappa shape index (κ3) is 3.47. The maximum absolute atomic E-state index is 11.0. The van der Waals surface area contributed by atoms with Crippen molar-refractivity contribution in [2.75, 3.05) is 43.5 Å². The molecule has 0 bridgehead atoms. The predicted molar refractivity (Wildman–Crippen MR) is 141 cm³/mol. The minimum absolute atomic E-state index is 0.105. The molecule has 1 saturated carbocycles. The molecule has 5 nitrogen and oxygen atoms in total. The maximum atomic E-state index is 11.0. The second-order valence-corrected chi connectivity index (χ2v) is 11.3. The van der Waals surface area contributed by atoms with Crippen LogP contribution in [0.5, 0.6) is 0 Å². The van der Waals surface area contributed by atoms with Crippen LogP contribution >= 0.6 is 11.6 Å². The van der Waals surface area contributed by atoms with E-state index < -0.39 is 6.23 Å². The molecule has 6 rings (SSSR count). The van der Waals surface area contributed by atoms with E-state index in [0.717, 1.165) is 48.9 Å². The van der Waals surface area contributed by atoms with Gasteiger partial charge in [0.1, 0.15) is 5.84 Å². The number of anilines is 3. The summed E-state index contributed by atoms with van der Waals surface area (Å²) in [6.45, 7) is 3.38. The molecular formula is C28H35ClN4O. The number of piperidine rings is 1. The molecule has 4 aliphatic rings. The summed E-state index contributed by atoms with van der Waals surface area (Å²) in [6.07, 6.45) is 7.42. The number of aliphatic imine (C=N–C) groups is 1. The van der Waals surface area contributed by atoms with Gasteiger partial charge in [0.2, 0.25) is 0 Å². The number of hydrogen-bond acceptors (Lipinski definition) is 5. The van der Waals surface area contributed by atoms with E-state index in [2.05, 4.69) is 53.1 Å². The molecule has 6 heteroatoms.